The lowest BCUT2D eigenvalue weighted by atomic mass is 10.2. The molecular weight excluding hydrogens is 334 g/mol. The molecule has 3 amide bonds. The normalized spacial score (nSPS) is 13.6. The monoisotopic (exact) mass is 361 g/mol. The molecule has 2 N–H and O–H groups in total. The van der Waals surface area contributed by atoms with Crippen molar-refractivity contribution in [3.05, 3.63) is 29.8 Å². The van der Waals surface area contributed by atoms with E-state index in [9.17, 15) is 14.4 Å². The van der Waals surface area contributed by atoms with E-state index in [1.807, 2.05) is 11.8 Å². The summed E-state index contributed by atoms with van der Waals surface area (Å²) in [5.41, 5.74) is 0.752. The summed E-state index contributed by atoms with van der Waals surface area (Å²) in [5.74, 6) is -0.258. The van der Waals surface area contributed by atoms with Gasteiger partial charge in [-0.2, -0.15) is 0 Å². The maximum Gasteiger partial charge on any atom is 0.340 e. The third kappa shape index (κ3) is 6.06. The topological polar surface area (TPSA) is 87.7 Å². The van der Waals surface area contributed by atoms with Gasteiger partial charge in [0, 0.05) is 26.1 Å². The number of esters is 1. The first-order chi connectivity index (χ1) is 12.6. The van der Waals surface area contributed by atoms with Crippen LogP contribution in [0.3, 0.4) is 0 Å². The Hall–Kier alpha value is -2.57. The zero-order valence-electron chi connectivity index (χ0n) is 15.3. The van der Waals surface area contributed by atoms with Crippen molar-refractivity contribution in [2.24, 2.45) is 0 Å². The number of carbonyl (C=O) groups is 3. The highest BCUT2D eigenvalue weighted by molar-refractivity contribution is 6.00. The Morgan fingerprint density at radius 2 is 2.04 bits per heavy atom. The predicted octanol–water partition coefficient (Wildman–Crippen LogP) is 2.78. The maximum atomic E-state index is 12.1. The first-order valence-corrected chi connectivity index (χ1v) is 9.20. The minimum atomic E-state index is -0.443. The van der Waals surface area contributed by atoms with E-state index < -0.39 is 5.97 Å². The van der Waals surface area contributed by atoms with Gasteiger partial charge in [-0.25, -0.2) is 9.59 Å². The maximum absolute atomic E-state index is 12.1. The first kappa shape index (κ1) is 19.8. The summed E-state index contributed by atoms with van der Waals surface area (Å²) < 4.78 is 5.21. The molecule has 1 aliphatic rings. The van der Waals surface area contributed by atoms with E-state index in [1.54, 1.807) is 24.3 Å². The second-order valence-electron chi connectivity index (χ2n) is 6.25. The number of unbranched alkanes of at least 4 members (excludes halogenated alkanes) is 1. The molecule has 26 heavy (non-hydrogen) atoms. The van der Waals surface area contributed by atoms with Crippen LogP contribution in [0.5, 0.6) is 0 Å². The van der Waals surface area contributed by atoms with Gasteiger partial charge in [0.15, 0.2) is 0 Å². The van der Waals surface area contributed by atoms with Crippen LogP contribution in [0.15, 0.2) is 24.3 Å². The molecule has 1 aliphatic heterocycles. The molecule has 2 rings (SSSR count). The van der Waals surface area contributed by atoms with Crippen LogP contribution in [0, 0.1) is 0 Å². The molecule has 1 heterocycles. The molecule has 1 saturated heterocycles. The molecule has 0 radical (unpaired) electrons. The summed E-state index contributed by atoms with van der Waals surface area (Å²) in [6, 6.07) is 6.39. The van der Waals surface area contributed by atoms with Crippen molar-refractivity contribution in [1.29, 1.82) is 0 Å². The first-order valence-electron chi connectivity index (χ1n) is 9.20. The lowest BCUT2D eigenvalue weighted by Gasteiger charge is -2.15. The number of urea groups is 1. The van der Waals surface area contributed by atoms with Crippen molar-refractivity contribution in [1.82, 2.24) is 10.2 Å². The minimum absolute atomic E-state index is 0.185. The molecule has 7 heteroatoms. The van der Waals surface area contributed by atoms with Gasteiger partial charge in [0.25, 0.3) is 0 Å². The highest BCUT2D eigenvalue weighted by atomic mass is 16.5. The second kappa shape index (κ2) is 10.4. The Morgan fingerprint density at radius 3 is 2.77 bits per heavy atom. The van der Waals surface area contributed by atoms with Crippen LogP contribution in [0.1, 0.15) is 49.4 Å². The third-order valence-electron chi connectivity index (χ3n) is 4.19. The molecule has 0 atom stereocenters. The zero-order valence-corrected chi connectivity index (χ0v) is 15.3. The van der Waals surface area contributed by atoms with Crippen molar-refractivity contribution < 1.29 is 19.1 Å². The van der Waals surface area contributed by atoms with Gasteiger partial charge in [-0.1, -0.05) is 25.5 Å². The molecule has 1 aromatic carbocycles. The Labute approximate surface area is 154 Å². The van der Waals surface area contributed by atoms with Gasteiger partial charge in [-0.3, -0.25) is 4.79 Å². The summed E-state index contributed by atoms with van der Waals surface area (Å²) in [4.78, 5) is 37.5. The van der Waals surface area contributed by atoms with Crippen LogP contribution in [0.4, 0.5) is 10.5 Å². The fourth-order valence-electron chi connectivity index (χ4n) is 2.74. The number of amides is 3. The number of ether oxygens (including phenoxy) is 1. The van der Waals surface area contributed by atoms with Gasteiger partial charge in [0.2, 0.25) is 5.91 Å². The second-order valence-corrected chi connectivity index (χ2v) is 6.25. The largest absolute Gasteiger partial charge is 0.462 e. The van der Waals surface area contributed by atoms with Crippen molar-refractivity contribution in [2.75, 3.05) is 31.6 Å². The number of carbonyl (C=O) groups excluding carboxylic acids is 3. The number of hydrogen-bond donors (Lipinski definition) is 2. The Kier molecular flexibility index (Phi) is 7.92. The van der Waals surface area contributed by atoms with Gasteiger partial charge in [-0.05, 0) is 31.4 Å². The van der Waals surface area contributed by atoms with E-state index in [-0.39, 0.29) is 11.9 Å². The van der Waals surface area contributed by atoms with Crippen LogP contribution in [-0.2, 0) is 9.53 Å². The van der Waals surface area contributed by atoms with Gasteiger partial charge < -0.3 is 20.3 Å². The molecule has 0 aliphatic carbocycles. The van der Waals surface area contributed by atoms with Crippen LogP contribution in [0.2, 0.25) is 0 Å². The molecule has 0 bridgehead atoms. The van der Waals surface area contributed by atoms with E-state index in [1.165, 1.54) is 0 Å². The number of anilines is 1. The fourth-order valence-corrected chi connectivity index (χ4v) is 2.74. The highest BCUT2D eigenvalue weighted by Gasteiger charge is 2.19. The van der Waals surface area contributed by atoms with Crippen molar-refractivity contribution in [3.63, 3.8) is 0 Å². The zero-order chi connectivity index (χ0) is 18.8. The van der Waals surface area contributed by atoms with Gasteiger partial charge in [-0.15, -0.1) is 0 Å². The molecule has 142 valence electrons. The number of nitrogens with one attached hydrogen (secondary N) is 2. The van der Waals surface area contributed by atoms with E-state index in [2.05, 4.69) is 10.6 Å². The Morgan fingerprint density at radius 1 is 1.23 bits per heavy atom. The standard InChI is InChI=1S/C19H27N3O4/c1-2-3-14-26-18(24)15-8-4-5-9-16(15)21-19(25)20-11-7-13-22-12-6-10-17(22)23/h4-5,8-9H,2-3,6-7,10-14H2,1H3,(H2,20,21,25). The minimum Gasteiger partial charge on any atom is -0.462 e. The summed E-state index contributed by atoms with van der Waals surface area (Å²) in [6.45, 7) is 4.30. The van der Waals surface area contributed by atoms with Crippen LogP contribution in [-0.4, -0.2) is 49.0 Å². The summed E-state index contributed by atoms with van der Waals surface area (Å²) >= 11 is 0. The summed E-state index contributed by atoms with van der Waals surface area (Å²) in [5, 5.41) is 5.44. The average Bonchev–Trinajstić information content (AvgIpc) is 3.04. The average molecular weight is 361 g/mol. The number of para-hydroxylation sites is 1. The number of rotatable bonds is 9. The quantitative estimate of drug-likeness (QED) is 0.523. The molecule has 7 nitrogen and oxygen atoms in total. The number of hydrogen-bond acceptors (Lipinski definition) is 4. The van der Waals surface area contributed by atoms with E-state index >= 15 is 0 Å². The molecule has 0 aromatic heterocycles. The SMILES string of the molecule is CCCCOC(=O)c1ccccc1NC(=O)NCCCN1CCCC1=O. The van der Waals surface area contributed by atoms with Crippen LogP contribution in [0.25, 0.3) is 0 Å². The number of likely N-dealkylation sites (tertiary alicyclic amines) is 1. The smallest absolute Gasteiger partial charge is 0.340 e. The molecule has 1 fully saturated rings. The van der Waals surface area contributed by atoms with Crippen LogP contribution < -0.4 is 10.6 Å². The number of nitrogens with zero attached hydrogens (tertiary/aromatic N) is 1. The van der Waals surface area contributed by atoms with E-state index in [0.717, 1.165) is 25.8 Å². The number of benzene rings is 1. The molecule has 0 saturated carbocycles. The van der Waals surface area contributed by atoms with E-state index in [4.69, 9.17) is 4.74 Å². The molecule has 1 aromatic rings. The third-order valence-corrected chi connectivity index (χ3v) is 4.19. The van der Waals surface area contributed by atoms with Crippen LogP contribution >= 0.6 is 0 Å². The van der Waals surface area contributed by atoms with Gasteiger partial charge in [0.05, 0.1) is 17.9 Å². The van der Waals surface area contributed by atoms with E-state index in [0.29, 0.717) is 43.8 Å². The van der Waals surface area contributed by atoms with Crippen molar-refractivity contribution in [3.8, 4) is 0 Å². The Bertz CT molecular complexity index is 633. The van der Waals surface area contributed by atoms with Gasteiger partial charge in [0.1, 0.15) is 0 Å². The molecule has 0 unspecified atom stereocenters. The molecule has 0 spiro atoms. The Balaban J connectivity index is 1.77. The van der Waals surface area contributed by atoms with Crippen molar-refractivity contribution >= 4 is 23.6 Å². The lowest BCUT2D eigenvalue weighted by Crippen LogP contribution is -2.33. The fraction of sp³-hybridized carbons (Fsp3) is 0.526. The lowest BCUT2D eigenvalue weighted by molar-refractivity contribution is -0.127. The molecular formula is C19H27N3O4. The van der Waals surface area contributed by atoms with Crippen molar-refractivity contribution in [2.45, 2.75) is 39.0 Å². The highest BCUT2D eigenvalue weighted by Crippen LogP contribution is 2.16. The van der Waals surface area contributed by atoms with Gasteiger partial charge >= 0.3 is 12.0 Å². The summed E-state index contributed by atoms with van der Waals surface area (Å²) in [6.07, 6.45) is 3.98. The summed E-state index contributed by atoms with van der Waals surface area (Å²) in [7, 11) is 0. The predicted molar refractivity (Wildman–Crippen MR) is 99.1 cm³/mol.